The van der Waals surface area contributed by atoms with Crippen LogP contribution in [0.1, 0.15) is 27.9 Å². The van der Waals surface area contributed by atoms with Crippen LogP contribution < -0.4 is 0 Å². The number of hydrogen-bond donors (Lipinski definition) is 0. The van der Waals surface area contributed by atoms with Gasteiger partial charge in [0.1, 0.15) is 0 Å². The highest BCUT2D eigenvalue weighted by Crippen LogP contribution is 2.22. The third-order valence-electron chi connectivity index (χ3n) is 4.40. The molecular weight excluding hydrogens is 322 g/mol. The Morgan fingerprint density at radius 1 is 1.08 bits per heavy atom. The first-order valence-electron chi connectivity index (χ1n) is 8.06. The zero-order valence-corrected chi connectivity index (χ0v) is 14.5. The number of rotatable bonds is 4. The van der Waals surface area contributed by atoms with E-state index in [1.54, 1.807) is 17.0 Å². The van der Waals surface area contributed by atoms with Gasteiger partial charge in [0.25, 0.3) is 5.91 Å². The Hall–Kier alpha value is -2.14. The molecule has 1 fully saturated rings. The van der Waals surface area contributed by atoms with Gasteiger partial charge in [-0.25, -0.2) is 8.42 Å². The van der Waals surface area contributed by atoms with Gasteiger partial charge in [0.05, 0.1) is 11.5 Å². The van der Waals surface area contributed by atoms with Crippen molar-refractivity contribution in [3.8, 4) is 0 Å². The summed E-state index contributed by atoms with van der Waals surface area (Å²) in [6, 6.07) is 16.8. The third-order valence-corrected chi connectivity index (χ3v) is 6.15. The molecule has 0 radical (unpaired) electrons. The minimum atomic E-state index is -3.05. The first-order chi connectivity index (χ1) is 11.4. The van der Waals surface area contributed by atoms with E-state index in [2.05, 4.69) is 0 Å². The Kier molecular flexibility index (Phi) is 4.71. The fraction of sp³-hybridized carbons (Fsp3) is 0.316. The van der Waals surface area contributed by atoms with E-state index >= 15 is 0 Å². The lowest BCUT2D eigenvalue weighted by molar-refractivity contribution is 0.0681. The molecule has 1 amide bonds. The van der Waals surface area contributed by atoms with E-state index in [1.807, 2.05) is 49.4 Å². The van der Waals surface area contributed by atoms with Crippen LogP contribution in [-0.4, -0.2) is 36.8 Å². The van der Waals surface area contributed by atoms with Crippen molar-refractivity contribution in [2.75, 3.05) is 11.5 Å². The SMILES string of the molecule is Cc1ccc(C(=O)N(Cc2ccccc2)C2CCS(=O)(=O)C2)cc1. The number of aryl methyl sites for hydroxylation is 1. The number of benzene rings is 2. The van der Waals surface area contributed by atoms with E-state index in [4.69, 9.17) is 0 Å². The van der Waals surface area contributed by atoms with Crippen molar-refractivity contribution >= 4 is 15.7 Å². The summed E-state index contributed by atoms with van der Waals surface area (Å²) in [7, 11) is -3.05. The molecule has 126 valence electrons. The van der Waals surface area contributed by atoms with E-state index < -0.39 is 9.84 Å². The molecule has 1 atom stereocenters. The average Bonchev–Trinajstić information content (AvgIpc) is 2.93. The van der Waals surface area contributed by atoms with Crippen LogP contribution in [0.3, 0.4) is 0 Å². The van der Waals surface area contributed by atoms with Crippen LogP contribution in [0.4, 0.5) is 0 Å². The zero-order chi connectivity index (χ0) is 17.2. The Labute approximate surface area is 143 Å². The Morgan fingerprint density at radius 3 is 2.33 bits per heavy atom. The second kappa shape index (κ2) is 6.77. The van der Waals surface area contributed by atoms with E-state index in [0.717, 1.165) is 11.1 Å². The molecule has 2 aromatic carbocycles. The van der Waals surface area contributed by atoms with Crippen LogP contribution >= 0.6 is 0 Å². The maximum Gasteiger partial charge on any atom is 0.254 e. The Bertz CT molecular complexity index is 813. The van der Waals surface area contributed by atoms with Crippen LogP contribution in [0.25, 0.3) is 0 Å². The predicted molar refractivity (Wildman–Crippen MR) is 94.6 cm³/mol. The molecule has 2 aromatic rings. The summed E-state index contributed by atoms with van der Waals surface area (Å²) in [4.78, 5) is 14.7. The van der Waals surface area contributed by atoms with Gasteiger partial charge in [-0.2, -0.15) is 0 Å². The quantitative estimate of drug-likeness (QED) is 0.858. The number of nitrogens with zero attached hydrogens (tertiary/aromatic N) is 1. The zero-order valence-electron chi connectivity index (χ0n) is 13.7. The van der Waals surface area contributed by atoms with Gasteiger partial charge in [0.2, 0.25) is 0 Å². The van der Waals surface area contributed by atoms with Crippen molar-refractivity contribution in [1.82, 2.24) is 4.90 Å². The largest absolute Gasteiger partial charge is 0.330 e. The normalized spacial score (nSPS) is 19.1. The summed E-state index contributed by atoms with van der Waals surface area (Å²) in [6.45, 7) is 2.40. The standard InChI is InChI=1S/C19H21NO3S/c1-15-7-9-17(10-8-15)19(21)20(13-16-5-3-2-4-6-16)18-11-12-24(22,23)14-18/h2-10,18H,11-14H2,1H3. The van der Waals surface area contributed by atoms with Crippen molar-refractivity contribution in [2.45, 2.75) is 25.9 Å². The lowest BCUT2D eigenvalue weighted by atomic mass is 10.1. The number of amides is 1. The molecule has 24 heavy (non-hydrogen) atoms. The van der Waals surface area contributed by atoms with E-state index in [-0.39, 0.29) is 23.5 Å². The average molecular weight is 343 g/mol. The summed E-state index contributed by atoms with van der Waals surface area (Å²) in [6.07, 6.45) is 0.507. The summed E-state index contributed by atoms with van der Waals surface area (Å²) in [5.41, 5.74) is 2.69. The summed E-state index contributed by atoms with van der Waals surface area (Å²) < 4.78 is 23.7. The molecule has 0 spiro atoms. The molecular formula is C19H21NO3S. The molecule has 1 heterocycles. The van der Waals surface area contributed by atoms with Gasteiger partial charge in [-0.1, -0.05) is 48.0 Å². The van der Waals surface area contributed by atoms with Gasteiger partial charge >= 0.3 is 0 Å². The van der Waals surface area contributed by atoms with Crippen LogP contribution in [0.15, 0.2) is 54.6 Å². The second-order valence-electron chi connectivity index (χ2n) is 6.34. The highest BCUT2D eigenvalue weighted by Gasteiger charge is 2.35. The van der Waals surface area contributed by atoms with Gasteiger partial charge < -0.3 is 4.90 Å². The molecule has 1 unspecified atom stereocenters. The van der Waals surface area contributed by atoms with Gasteiger partial charge in [-0.05, 0) is 31.0 Å². The Morgan fingerprint density at radius 2 is 1.75 bits per heavy atom. The van der Waals surface area contributed by atoms with Crippen LogP contribution in [0, 0.1) is 6.92 Å². The molecule has 0 bridgehead atoms. The van der Waals surface area contributed by atoms with Crippen molar-refractivity contribution in [1.29, 1.82) is 0 Å². The fourth-order valence-electron chi connectivity index (χ4n) is 3.03. The van der Waals surface area contributed by atoms with Gasteiger partial charge in [0.15, 0.2) is 9.84 Å². The molecule has 0 saturated carbocycles. The van der Waals surface area contributed by atoms with Gasteiger partial charge in [-0.3, -0.25) is 4.79 Å². The molecule has 4 nitrogen and oxygen atoms in total. The molecule has 1 aliphatic heterocycles. The molecule has 1 saturated heterocycles. The molecule has 0 aliphatic carbocycles. The molecule has 0 aromatic heterocycles. The first kappa shape index (κ1) is 16.7. The second-order valence-corrected chi connectivity index (χ2v) is 8.57. The molecule has 1 aliphatic rings. The fourth-order valence-corrected chi connectivity index (χ4v) is 4.76. The number of sulfone groups is 1. The number of hydrogen-bond acceptors (Lipinski definition) is 3. The van der Waals surface area contributed by atoms with Crippen molar-refractivity contribution < 1.29 is 13.2 Å². The number of carbonyl (C=O) groups is 1. The highest BCUT2D eigenvalue weighted by atomic mass is 32.2. The molecule has 5 heteroatoms. The van der Waals surface area contributed by atoms with E-state index in [1.165, 1.54) is 0 Å². The van der Waals surface area contributed by atoms with E-state index in [9.17, 15) is 13.2 Å². The minimum absolute atomic E-state index is 0.0530. The maximum atomic E-state index is 13.0. The highest BCUT2D eigenvalue weighted by molar-refractivity contribution is 7.91. The van der Waals surface area contributed by atoms with Gasteiger partial charge in [-0.15, -0.1) is 0 Å². The van der Waals surface area contributed by atoms with Crippen LogP contribution in [0.5, 0.6) is 0 Å². The van der Waals surface area contributed by atoms with Crippen molar-refractivity contribution in [2.24, 2.45) is 0 Å². The lowest BCUT2D eigenvalue weighted by Crippen LogP contribution is -2.40. The monoisotopic (exact) mass is 343 g/mol. The topological polar surface area (TPSA) is 54.5 Å². The summed E-state index contributed by atoms with van der Waals surface area (Å²) in [5.74, 6) is 0.0997. The van der Waals surface area contributed by atoms with Crippen molar-refractivity contribution in [3.05, 3.63) is 71.3 Å². The van der Waals surface area contributed by atoms with Crippen LogP contribution in [-0.2, 0) is 16.4 Å². The Balaban J connectivity index is 1.89. The third kappa shape index (κ3) is 3.85. The number of carbonyl (C=O) groups excluding carboxylic acids is 1. The molecule has 3 rings (SSSR count). The summed E-state index contributed by atoms with van der Waals surface area (Å²) in [5, 5.41) is 0. The van der Waals surface area contributed by atoms with E-state index in [0.29, 0.717) is 18.5 Å². The van der Waals surface area contributed by atoms with Crippen molar-refractivity contribution in [3.63, 3.8) is 0 Å². The summed E-state index contributed by atoms with van der Waals surface area (Å²) >= 11 is 0. The molecule has 0 N–H and O–H groups in total. The lowest BCUT2D eigenvalue weighted by Gasteiger charge is -2.28. The predicted octanol–water partition coefficient (Wildman–Crippen LogP) is 2.82. The van der Waals surface area contributed by atoms with Gasteiger partial charge in [0, 0.05) is 18.2 Å². The maximum absolute atomic E-state index is 13.0. The van der Waals surface area contributed by atoms with Crippen LogP contribution in [0.2, 0.25) is 0 Å². The minimum Gasteiger partial charge on any atom is -0.330 e. The first-order valence-corrected chi connectivity index (χ1v) is 9.89. The smallest absolute Gasteiger partial charge is 0.254 e.